The zero-order valence-corrected chi connectivity index (χ0v) is 6.47. The van der Waals surface area contributed by atoms with E-state index in [4.69, 9.17) is 0 Å². The van der Waals surface area contributed by atoms with Crippen molar-refractivity contribution in [3.63, 3.8) is 0 Å². The van der Waals surface area contributed by atoms with Gasteiger partial charge in [0.1, 0.15) is 0 Å². The van der Waals surface area contributed by atoms with Crippen LogP contribution in [0.5, 0.6) is 0 Å². The molecule has 2 rings (SSSR count). The first-order chi connectivity index (χ1) is 5.59. The second-order valence-electron chi connectivity index (χ2n) is 3.26. The predicted molar refractivity (Wildman–Crippen MR) is 35.5 cm³/mol. The minimum Gasteiger partial charge on any atom is -0.352 e. The Bertz CT molecular complexity index is 182. The zero-order valence-electron chi connectivity index (χ0n) is 6.47. The van der Waals surface area contributed by atoms with E-state index in [1.54, 1.807) is 0 Å². The highest BCUT2D eigenvalue weighted by atomic mass is 19.4. The average molecular weight is 181 g/mol. The fraction of sp³-hybridized carbons (Fsp3) is 1.00. The SMILES string of the molecule is FC(F)(F)C1OC[C@@H]2CCCN12. The van der Waals surface area contributed by atoms with Crippen LogP contribution in [0.1, 0.15) is 12.8 Å². The number of halogens is 3. The van der Waals surface area contributed by atoms with Gasteiger partial charge in [-0.25, -0.2) is 0 Å². The molecular weight excluding hydrogens is 171 g/mol. The molecule has 2 fully saturated rings. The lowest BCUT2D eigenvalue weighted by Gasteiger charge is -2.23. The number of ether oxygens (including phenoxy) is 1. The Morgan fingerprint density at radius 3 is 2.75 bits per heavy atom. The average Bonchev–Trinajstić information content (AvgIpc) is 2.37. The first kappa shape index (κ1) is 8.31. The standard InChI is InChI=1S/C7H10F3NO/c8-7(9,10)6-11-3-1-2-5(11)4-12-6/h5-6H,1-4H2/t5-,6?/m0/s1. The van der Waals surface area contributed by atoms with Crippen molar-refractivity contribution in [1.29, 1.82) is 0 Å². The molecule has 0 saturated carbocycles. The van der Waals surface area contributed by atoms with Crippen LogP contribution >= 0.6 is 0 Å². The molecule has 0 aliphatic carbocycles. The Balaban J connectivity index is 2.09. The van der Waals surface area contributed by atoms with Gasteiger partial charge >= 0.3 is 6.18 Å². The summed E-state index contributed by atoms with van der Waals surface area (Å²) >= 11 is 0. The van der Waals surface area contributed by atoms with Crippen LogP contribution in [0.3, 0.4) is 0 Å². The van der Waals surface area contributed by atoms with Crippen molar-refractivity contribution in [3.05, 3.63) is 0 Å². The van der Waals surface area contributed by atoms with Crippen LogP contribution in [0.4, 0.5) is 13.2 Å². The topological polar surface area (TPSA) is 12.5 Å². The van der Waals surface area contributed by atoms with Gasteiger partial charge in [0.05, 0.1) is 6.61 Å². The van der Waals surface area contributed by atoms with Crippen LogP contribution < -0.4 is 0 Å². The monoisotopic (exact) mass is 181 g/mol. The van der Waals surface area contributed by atoms with E-state index in [2.05, 4.69) is 4.74 Å². The lowest BCUT2D eigenvalue weighted by Crippen LogP contribution is -2.42. The van der Waals surface area contributed by atoms with Crippen LogP contribution in [0.25, 0.3) is 0 Å². The van der Waals surface area contributed by atoms with Gasteiger partial charge < -0.3 is 4.74 Å². The molecule has 70 valence electrons. The molecule has 2 aliphatic rings. The van der Waals surface area contributed by atoms with E-state index >= 15 is 0 Å². The molecule has 1 unspecified atom stereocenters. The summed E-state index contributed by atoms with van der Waals surface area (Å²) in [5.74, 6) is 0. The quantitative estimate of drug-likeness (QED) is 0.559. The predicted octanol–water partition coefficient (Wildman–Crippen LogP) is 1.37. The fourth-order valence-electron chi connectivity index (χ4n) is 1.93. The van der Waals surface area contributed by atoms with E-state index < -0.39 is 12.4 Å². The maximum absolute atomic E-state index is 12.2. The summed E-state index contributed by atoms with van der Waals surface area (Å²) in [6.07, 6.45) is -4.16. The third-order valence-corrected chi connectivity index (χ3v) is 2.45. The van der Waals surface area contributed by atoms with Gasteiger partial charge in [0.25, 0.3) is 0 Å². The normalized spacial score (nSPS) is 37.2. The lowest BCUT2D eigenvalue weighted by molar-refractivity contribution is -0.239. The summed E-state index contributed by atoms with van der Waals surface area (Å²) < 4.78 is 41.4. The van der Waals surface area contributed by atoms with Crippen molar-refractivity contribution < 1.29 is 17.9 Å². The maximum Gasteiger partial charge on any atom is 0.428 e. The van der Waals surface area contributed by atoms with Crippen LogP contribution in [0.15, 0.2) is 0 Å². The third-order valence-electron chi connectivity index (χ3n) is 2.45. The Hall–Kier alpha value is -0.290. The van der Waals surface area contributed by atoms with Crippen LogP contribution in [0, 0.1) is 0 Å². The Morgan fingerprint density at radius 1 is 1.33 bits per heavy atom. The van der Waals surface area contributed by atoms with Crippen molar-refractivity contribution in [2.24, 2.45) is 0 Å². The third kappa shape index (κ3) is 1.21. The molecule has 0 amide bonds. The van der Waals surface area contributed by atoms with E-state index in [1.165, 1.54) is 4.90 Å². The van der Waals surface area contributed by atoms with Gasteiger partial charge in [0.15, 0.2) is 0 Å². The first-order valence-corrected chi connectivity index (χ1v) is 4.03. The summed E-state index contributed by atoms with van der Waals surface area (Å²) in [7, 11) is 0. The molecule has 2 saturated heterocycles. The molecule has 0 bridgehead atoms. The molecule has 12 heavy (non-hydrogen) atoms. The van der Waals surface area contributed by atoms with Gasteiger partial charge in [-0.15, -0.1) is 0 Å². The number of nitrogens with zero attached hydrogens (tertiary/aromatic N) is 1. The van der Waals surface area contributed by atoms with Crippen molar-refractivity contribution in [2.75, 3.05) is 13.2 Å². The second-order valence-corrected chi connectivity index (χ2v) is 3.26. The minimum absolute atomic E-state index is 0.0108. The minimum atomic E-state index is -4.22. The highest BCUT2D eigenvalue weighted by molar-refractivity contribution is 4.88. The highest BCUT2D eigenvalue weighted by Gasteiger charge is 2.52. The molecule has 2 nitrogen and oxygen atoms in total. The fourth-order valence-corrected chi connectivity index (χ4v) is 1.93. The summed E-state index contributed by atoms with van der Waals surface area (Å²) in [6, 6.07) is 0.0108. The number of fused-ring (bicyclic) bond motifs is 1. The largest absolute Gasteiger partial charge is 0.428 e. The summed E-state index contributed by atoms with van der Waals surface area (Å²) in [5, 5.41) is 0. The van der Waals surface area contributed by atoms with E-state index in [1.807, 2.05) is 0 Å². The first-order valence-electron chi connectivity index (χ1n) is 4.03. The molecule has 0 aromatic heterocycles. The zero-order chi connectivity index (χ0) is 8.77. The van der Waals surface area contributed by atoms with E-state index in [-0.39, 0.29) is 12.6 Å². The maximum atomic E-state index is 12.2. The van der Waals surface area contributed by atoms with Crippen molar-refractivity contribution in [2.45, 2.75) is 31.3 Å². The molecule has 2 heterocycles. The lowest BCUT2D eigenvalue weighted by atomic mass is 10.2. The molecule has 2 atom stereocenters. The van der Waals surface area contributed by atoms with Crippen molar-refractivity contribution >= 4 is 0 Å². The summed E-state index contributed by atoms with van der Waals surface area (Å²) in [6.45, 7) is 0.763. The smallest absolute Gasteiger partial charge is 0.352 e. The van der Waals surface area contributed by atoms with Gasteiger partial charge in [-0.1, -0.05) is 0 Å². The van der Waals surface area contributed by atoms with Crippen LogP contribution in [-0.2, 0) is 4.74 Å². The van der Waals surface area contributed by atoms with Gasteiger partial charge in [0, 0.05) is 12.6 Å². The number of hydrogen-bond acceptors (Lipinski definition) is 2. The summed E-state index contributed by atoms with van der Waals surface area (Å²) in [5.41, 5.74) is 0. The molecule has 0 aromatic carbocycles. The number of rotatable bonds is 0. The summed E-state index contributed by atoms with van der Waals surface area (Å²) in [4.78, 5) is 1.42. The molecule has 5 heteroatoms. The highest BCUT2D eigenvalue weighted by Crippen LogP contribution is 2.35. The molecule has 0 aromatic rings. The van der Waals surface area contributed by atoms with Gasteiger partial charge in [0.2, 0.25) is 6.23 Å². The molecule has 0 spiro atoms. The van der Waals surface area contributed by atoms with E-state index in [9.17, 15) is 13.2 Å². The van der Waals surface area contributed by atoms with E-state index in [0.717, 1.165) is 12.8 Å². The van der Waals surface area contributed by atoms with Crippen molar-refractivity contribution in [1.82, 2.24) is 4.90 Å². The van der Waals surface area contributed by atoms with Crippen molar-refractivity contribution in [3.8, 4) is 0 Å². The van der Waals surface area contributed by atoms with Crippen LogP contribution in [0.2, 0.25) is 0 Å². The Labute approximate surface area is 68.3 Å². The Kier molecular flexibility index (Phi) is 1.80. The second kappa shape index (κ2) is 2.60. The number of hydrogen-bond donors (Lipinski definition) is 0. The molecular formula is C7H10F3NO. The molecule has 2 aliphatic heterocycles. The van der Waals surface area contributed by atoms with Gasteiger partial charge in [-0.2, -0.15) is 13.2 Å². The van der Waals surface area contributed by atoms with Gasteiger partial charge in [-0.3, -0.25) is 4.90 Å². The van der Waals surface area contributed by atoms with Gasteiger partial charge in [-0.05, 0) is 12.8 Å². The number of alkyl halides is 3. The molecule has 0 N–H and O–H groups in total. The molecule has 0 radical (unpaired) electrons. The Morgan fingerprint density at radius 2 is 2.08 bits per heavy atom. The van der Waals surface area contributed by atoms with Crippen LogP contribution in [-0.4, -0.2) is 36.5 Å². The van der Waals surface area contributed by atoms with E-state index in [0.29, 0.717) is 6.54 Å².